The van der Waals surface area contributed by atoms with E-state index >= 15 is 0 Å². The lowest BCUT2D eigenvalue weighted by molar-refractivity contribution is -0.116. The van der Waals surface area contributed by atoms with Gasteiger partial charge in [-0.3, -0.25) is 9.59 Å². The third-order valence-electron chi connectivity index (χ3n) is 5.54. The van der Waals surface area contributed by atoms with Crippen LogP contribution in [0, 0.1) is 6.92 Å². The van der Waals surface area contributed by atoms with Crippen LogP contribution in [0.25, 0.3) is 0 Å². The van der Waals surface area contributed by atoms with Crippen molar-refractivity contribution in [1.29, 1.82) is 0 Å². The highest BCUT2D eigenvalue weighted by Gasteiger charge is 2.34. The number of amides is 1. The fourth-order valence-electron chi connectivity index (χ4n) is 3.92. The number of hydrogen-bond acceptors (Lipinski definition) is 7. The van der Waals surface area contributed by atoms with Crippen LogP contribution < -0.4 is 25.1 Å². The number of ether oxygens (including phenoxy) is 3. The van der Waals surface area contributed by atoms with Crippen molar-refractivity contribution in [3.63, 3.8) is 0 Å². The molecule has 0 unspecified atom stereocenters. The molecule has 1 aliphatic heterocycles. The number of aromatic nitrogens is 2. The Morgan fingerprint density at radius 3 is 2.39 bits per heavy atom. The van der Waals surface area contributed by atoms with Gasteiger partial charge in [-0.25, -0.2) is 4.98 Å². The van der Waals surface area contributed by atoms with Gasteiger partial charge in [0.25, 0.3) is 5.56 Å². The van der Waals surface area contributed by atoms with Crippen molar-refractivity contribution in [2.24, 2.45) is 0 Å². The van der Waals surface area contributed by atoms with Crippen LogP contribution in [-0.2, 0) is 10.5 Å². The van der Waals surface area contributed by atoms with Crippen molar-refractivity contribution >= 4 is 23.5 Å². The van der Waals surface area contributed by atoms with Gasteiger partial charge in [-0.05, 0) is 18.6 Å². The zero-order valence-corrected chi connectivity index (χ0v) is 19.7. The first kappa shape index (κ1) is 22.7. The third kappa shape index (κ3) is 4.54. The number of fused-ring (bicyclic) bond motifs is 1. The molecule has 1 atom stereocenters. The number of methoxy groups -OCH3 is 3. The molecule has 9 heteroatoms. The third-order valence-corrected chi connectivity index (χ3v) is 6.48. The number of rotatable bonds is 7. The lowest BCUT2D eigenvalue weighted by atomic mass is 9.86. The summed E-state index contributed by atoms with van der Waals surface area (Å²) in [6, 6.07) is 11.7. The second-order valence-corrected chi connectivity index (χ2v) is 8.60. The molecule has 0 radical (unpaired) electrons. The molecule has 0 saturated carbocycles. The van der Waals surface area contributed by atoms with Gasteiger partial charge in [0.15, 0.2) is 16.7 Å². The Kier molecular flexibility index (Phi) is 6.60. The summed E-state index contributed by atoms with van der Waals surface area (Å²) in [7, 11) is 4.56. The molecular formula is C24H25N3O5S. The maximum absolute atomic E-state index is 13.2. The quantitative estimate of drug-likeness (QED) is 0.402. The number of H-pyrrole nitrogens is 1. The fraction of sp³-hybridized carbons (Fsp3) is 0.292. The molecule has 0 bridgehead atoms. The second-order valence-electron chi connectivity index (χ2n) is 7.64. The van der Waals surface area contributed by atoms with E-state index in [2.05, 4.69) is 15.3 Å². The van der Waals surface area contributed by atoms with Crippen molar-refractivity contribution in [2.45, 2.75) is 30.2 Å². The minimum absolute atomic E-state index is 0.0828. The van der Waals surface area contributed by atoms with Gasteiger partial charge in [0.05, 0.1) is 26.9 Å². The first-order chi connectivity index (χ1) is 15.9. The summed E-state index contributed by atoms with van der Waals surface area (Å²) in [6.07, 6.45) is 0.0828. The highest BCUT2D eigenvalue weighted by atomic mass is 32.2. The van der Waals surface area contributed by atoms with Gasteiger partial charge in [-0.1, -0.05) is 47.7 Å². The van der Waals surface area contributed by atoms with Crippen LogP contribution in [0.1, 0.15) is 34.6 Å². The first-order valence-corrected chi connectivity index (χ1v) is 11.3. The number of nitrogens with zero attached hydrogens (tertiary/aromatic N) is 1. The van der Waals surface area contributed by atoms with Crippen LogP contribution in [0.15, 0.2) is 46.3 Å². The van der Waals surface area contributed by atoms with E-state index in [1.54, 1.807) is 12.1 Å². The van der Waals surface area contributed by atoms with E-state index in [0.29, 0.717) is 39.3 Å². The number of carbonyl (C=O) groups is 1. The number of nitrogens with one attached hydrogen (secondary N) is 2. The summed E-state index contributed by atoms with van der Waals surface area (Å²) in [4.78, 5) is 33.1. The van der Waals surface area contributed by atoms with Crippen LogP contribution in [0.2, 0.25) is 0 Å². The molecule has 3 aromatic rings. The number of hydrogen-bond donors (Lipinski definition) is 2. The lowest BCUT2D eigenvalue weighted by Gasteiger charge is -2.26. The van der Waals surface area contributed by atoms with E-state index in [0.717, 1.165) is 5.56 Å². The van der Waals surface area contributed by atoms with E-state index in [1.165, 1.54) is 38.7 Å². The minimum Gasteiger partial charge on any atom is -0.493 e. The van der Waals surface area contributed by atoms with Gasteiger partial charge in [-0.2, -0.15) is 0 Å². The predicted octanol–water partition coefficient (Wildman–Crippen LogP) is 3.87. The van der Waals surface area contributed by atoms with E-state index in [1.807, 2.05) is 31.2 Å². The standard InChI is InChI=1S/C24H25N3O5S/c1-13-5-7-14(8-6-13)12-33-24-26-22-19(23(29)27-24)16(11-18(28)25-22)15-9-10-17(30-2)21(32-4)20(15)31-3/h5-10,16H,11-12H2,1-4H3,(H2,25,26,27,28,29)/t16-/m0/s1. The minimum atomic E-state index is -0.545. The Bertz CT molecular complexity index is 1240. The molecular weight excluding hydrogens is 442 g/mol. The Morgan fingerprint density at radius 1 is 1.00 bits per heavy atom. The van der Waals surface area contributed by atoms with Crippen LogP contribution >= 0.6 is 11.8 Å². The summed E-state index contributed by atoms with van der Waals surface area (Å²) < 4.78 is 16.4. The summed E-state index contributed by atoms with van der Waals surface area (Å²) in [5.41, 5.74) is 3.04. The Hall–Kier alpha value is -3.46. The molecule has 4 rings (SSSR count). The van der Waals surface area contributed by atoms with Gasteiger partial charge in [0, 0.05) is 23.7 Å². The van der Waals surface area contributed by atoms with E-state index in [4.69, 9.17) is 14.2 Å². The first-order valence-electron chi connectivity index (χ1n) is 10.4. The van der Waals surface area contributed by atoms with Crippen molar-refractivity contribution < 1.29 is 19.0 Å². The summed E-state index contributed by atoms with van der Waals surface area (Å²) >= 11 is 1.40. The van der Waals surface area contributed by atoms with Crippen LogP contribution in [0.3, 0.4) is 0 Å². The van der Waals surface area contributed by atoms with Gasteiger partial charge in [0.2, 0.25) is 11.7 Å². The maximum Gasteiger partial charge on any atom is 0.257 e. The molecule has 1 aliphatic rings. The molecule has 8 nitrogen and oxygen atoms in total. The van der Waals surface area contributed by atoms with Gasteiger partial charge >= 0.3 is 0 Å². The highest BCUT2D eigenvalue weighted by Crippen LogP contribution is 2.46. The molecule has 1 amide bonds. The topological polar surface area (TPSA) is 103 Å². The van der Waals surface area contributed by atoms with Crippen LogP contribution in [0.4, 0.5) is 5.82 Å². The Morgan fingerprint density at radius 2 is 1.73 bits per heavy atom. The van der Waals surface area contributed by atoms with Crippen LogP contribution in [0.5, 0.6) is 17.2 Å². The van der Waals surface area contributed by atoms with Crippen LogP contribution in [-0.4, -0.2) is 37.2 Å². The number of anilines is 1. The molecule has 1 aromatic heterocycles. The number of carbonyl (C=O) groups excluding carboxylic acids is 1. The molecule has 2 N–H and O–H groups in total. The fourth-order valence-corrected chi connectivity index (χ4v) is 4.74. The Balaban J connectivity index is 1.72. The zero-order chi connectivity index (χ0) is 23.5. The lowest BCUT2D eigenvalue weighted by Crippen LogP contribution is -2.31. The largest absolute Gasteiger partial charge is 0.493 e. The zero-order valence-electron chi connectivity index (χ0n) is 18.9. The molecule has 0 aliphatic carbocycles. The smallest absolute Gasteiger partial charge is 0.257 e. The molecule has 0 spiro atoms. The van der Waals surface area contributed by atoms with Crippen molar-refractivity contribution in [3.8, 4) is 17.2 Å². The van der Waals surface area contributed by atoms with Gasteiger partial charge in [0.1, 0.15) is 5.82 Å². The number of aryl methyl sites for hydroxylation is 1. The monoisotopic (exact) mass is 467 g/mol. The molecule has 0 fully saturated rings. The predicted molar refractivity (Wildman–Crippen MR) is 127 cm³/mol. The van der Waals surface area contributed by atoms with Gasteiger partial charge in [-0.15, -0.1) is 0 Å². The van der Waals surface area contributed by atoms with Crippen molar-refractivity contribution in [1.82, 2.24) is 9.97 Å². The van der Waals surface area contributed by atoms with E-state index in [-0.39, 0.29) is 23.7 Å². The van der Waals surface area contributed by atoms with E-state index in [9.17, 15) is 9.59 Å². The van der Waals surface area contributed by atoms with Crippen molar-refractivity contribution in [3.05, 3.63) is 69.0 Å². The average molecular weight is 468 g/mol. The molecule has 0 saturated heterocycles. The number of benzene rings is 2. The van der Waals surface area contributed by atoms with Crippen molar-refractivity contribution in [2.75, 3.05) is 26.6 Å². The molecule has 2 heterocycles. The van der Waals surface area contributed by atoms with E-state index < -0.39 is 5.92 Å². The number of aromatic amines is 1. The number of thioether (sulfide) groups is 1. The summed E-state index contributed by atoms with van der Waals surface area (Å²) in [5, 5.41) is 3.20. The van der Waals surface area contributed by atoms with Gasteiger partial charge < -0.3 is 24.5 Å². The normalized spacial score (nSPS) is 14.9. The second kappa shape index (κ2) is 9.58. The SMILES string of the molecule is COc1ccc([C@@H]2CC(=O)Nc3nc(SCc4ccc(C)cc4)[nH]c(=O)c32)c(OC)c1OC. The summed E-state index contributed by atoms with van der Waals surface area (Å²) in [6.45, 7) is 2.03. The Labute approximate surface area is 195 Å². The summed E-state index contributed by atoms with van der Waals surface area (Å²) in [5.74, 6) is 1.45. The average Bonchev–Trinajstić information content (AvgIpc) is 2.81. The molecule has 2 aromatic carbocycles. The maximum atomic E-state index is 13.2. The highest BCUT2D eigenvalue weighted by molar-refractivity contribution is 7.98. The molecule has 33 heavy (non-hydrogen) atoms. The molecule has 172 valence electrons.